The van der Waals surface area contributed by atoms with E-state index in [1.165, 1.54) is 13.3 Å². The van der Waals surface area contributed by atoms with E-state index in [1.807, 2.05) is 6.92 Å². The Labute approximate surface area is 175 Å². The highest BCUT2D eigenvalue weighted by Gasteiger charge is 2.17. The largest absolute Gasteiger partial charge is 0.496 e. The molecular weight excluding hydrogens is 388 g/mol. The fourth-order valence-electron chi connectivity index (χ4n) is 2.39. The lowest BCUT2D eigenvalue weighted by molar-refractivity contribution is 0.0529. The lowest BCUT2D eigenvalue weighted by Gasteiger charge is -2.18. The molecule has 0 fully saturated rings. The van der Waals surface area contributed by atoms with Gasteiger partial charge in [-0.25, -0.2) is 15.0 Å². The lowest BCUT2D eigenvalue weighted by atomic mass is 10.2. The molecule has 8 heteroatoms. The van der Waals surface area contributed by atoms with E-state index in [4.69, 9.17) is 18.9 Å². The number of hydrogen-bond donors (Lipinski definition) is 1. The van der Waals surface area contributed by atoms with E-state index in [2.05, 4.69) is 10.5 Å². The number of esters is 1. The highest BCUT2D eigenvalue weighted by atomic mass is 16.6. The first kappa shape index (κ1) is 22.7. The second-order valence-electron chi connectivity index (χ2n) is 7.10. The van der Waals surface area contributed by atoms with Crippen LogP contribution in [0.2, 0.25) is 0 Å². The summed E-state index contributed by atoms with van der Waals surface area (Å²) >= 11 is 0. The van der Waals surface area contributed by atoms with Crippen LogP contribution < -0.4 is 19.6 Å². The summed E-state index contributed by atoms with van der Waals surface area (Å²) in [5, 5.41) is 3.86. The fourth-order valence-corrected chi connectivity index (χ4v) is 2.39. The van der Waals surface area contributed by atoms with Crippen LogP contribution in [0, 0.1) is 0 Å². The standard InChI is InChI=1S/C22H26N2O6/c1-6-28-19-13-15(14-23-24-21(26)30-22(2,3)4)11-12-18(19)29-20(25)16-9-7-8-10-17(16)27-5/h7-14H,6H2,1-5H3,(H,24,26)/b23-14-. The normalized spacial score (nSPS) is 11.1. The molecule has 0 bridgehead atoms. The van der Waals surface area contributed by atoms with Gasteiger partial charge < -0.3 is 18.9 Å². The van der Waals surface area contributed by atoms with Gasteiger partial charge in [-0.15, -0.1) is 0 Å². The minimum Gasteiger partial charge on any atom is -0.496 e. The Balaban J connectivity index is 2.14. The Bertz CT molecular complexity index is 918. The number of benzene rings is 2. The van der Waals surface area contributed by atoms with Crippen LogP contribution >= 0.6 is 0 Å². The Kier molecular flexibility index (Phi) is 7.80. The van der Waals surface area contributed by atoms with Crippen molar-refractivity contribution in [2.45, 2.75) is 33.3 Å². The van der Waals surface area contributed by atoms with Gasteiger partial charge in [0.05, 0.1) is 19.9 Å². The summed E-state index contributed by atoms with van der Waals surface area (Å²) in [6, 6.07) is 11.7. The first-order valence-electron chi connectivity index (χ1n) is 9.37. The van der Waals surface area contributed by atoms with Crippen molar-refractivity contribution in [2.24, 2.45) is 5.10 Å². The molecule has 0 spiro atoms. The van der Waals surface area contributed by atoms with Crippen molar-refractivity contribution in [1.82, 2.24) is 5.43 Å². The van der Waals surface area contributed by atoms with Crippen LogP contribution in [0.4, 0.5) is 4.79 Å². The van der Waals surface area contributed by atoms with Crippen LogP contribution in [-0.2, 0) is 4.74 Å². The smallest absolute Gasteiger partial charge is 0.428 e. The van der Waals surface area contributed by atoms with Crippen molar-refractivity contribution in [3.05, 3.63) is 53.6 Å². The third kappa shape index (κ3) is 6.80. The second-order valence-corrected chi connectivity index (χ2v) is 7.10. The van der Waals surface area contributed by atoms with E-state index in [0.717, 1.165) is 0 Å². The number of amides is 1. The average Bonchev–Trinajstić information content (AvgIpc) is 2.68. The van der Waals surface area contributed by atoms with Crippen LogP contribution in [0.3, 0.4) is 0 Å². The topological polar surface area (TPSA) is 95.5 Å². The number of hydrogen-bond acceptors (Lipinski definition) is 7. The number of para-hydroxylation sites is 1. The number of nitrogens with one attached hydrogen (secondary N) is 1. The molecule has 0 aliphatic rings. The first-order chi connectivity index (χ1) is 14.2. The summed E-state index contributed by atoms with van der Waals surface area (Å²) in [6.45, 7) is 7.47. The van der Waals surface area contributed by atoms with Gasteiger partial charge in [-0.3, -0.25) is 0 Å². The van der Waals surface area contributed by atoms with Crippen molar-refractivity contribution in [2.75, 3.05) is 13.7 Å². The molecule has 0 aliphatic heterocycles. The van der Waals surface area contributed by atoms with Gasteiger partial charge in [0, 0.05) is 0 Å². The van der Waals surface area contributed by atoms with Gasteiger partial charge in [-0.05, 0) is 63.6 Å². The number of methoxy groups -OCH3 is 1. The van der Waals surface area contributed by atoms with Crippen LogP contribution in [0.5, 0.6) is 17.2 Å². The van der Waals surface area contributed by atoms with Crippen LogP contribution in [-0.4, -0.2) is 37.6 Å². The van der Waals surface area contributed by atoms with Crippen molar-refractivity contribution in [3.8, 4) is 17.2 Å². The molecule has 0 radical (unpaired) electrons. The maximum Gasteiger partial charge on any atom is 0.428 e. The van der Waals surface area contributed by atoms with Gasteiger partial charge in [0.1, 0.15) is 16.9 Å². The van der Waals surface area contributed by atoms with E-state index < -0.39 is 17.7 Å². The second kappa shape index (κ2) is 10.3. The van der Waals surface area contributed by atoms with E-state index in [0.29, 0.717) is 29.2 Å². The minimum absolute atomic E-state index is 0.255. The highest BCUT2D eigenvalue weighted by Crippen LogP contribution is 2.30. The zero-order valence-electron chi connectivity index (χ0n) is 17.7. The zero-order valence-corrected chi connectivity index (χ0v) is 17.7. The molecule has 0 heterocycles. The molecule has 2 rings (SSSR count). The molecule has 160 valence electrons. The number of hydrazone groups is 1. The van der Waals surface area contributed by atoms with Crippen molar-refractivity contribution in [1.29, 1.82) is 0 Å². The maximum absolute atomic E-state index is 12.6. The van der Waals surface area contributed by atoms with Crippen LogP contribution in [0.1, 0.15) is 43.6 Å². The summed E-state index contributed by atoms with van der Waals surface area (Å²) in [5.74, 6) is 0.464. The molecule has 1 amide bonds. The molecule has 0 aromatic heterocycles. The third-order valence-electron chi connectivity index (χ3n) is 3.57. The van der Waals surface area contributed by atoms with Crippen molar-refractivity contribution >= 4 is 18.3 Å². The molecule has 8 nitrogen and oxygen atoms in total. The number of ether oxygens (including phenoxy) is 4. The van der Waals surface area contributed by atoms with Gasteiger partial charge in [-0.1, -0.05) is 12.1 Å². The third-order valence-corrected chi connectivity index (χ3v) is 3.57. The number of carbonyl (C=O) groups is 2. The highest BCUT2D eigenvalue weighted by molar-refractivity contribution is 5.94. The van der Waals surface area contributed by atoms with E-state index >= 15 is 0 Å². The predicted molar refractivity (Wildman–Crippen MR) is 113 cm³/mol. The van der Waals surface area contributed by atoms with Gasteiger partial charge in [0.2, 0.25) is 0 Å². The molecule has 0 unspecified atom stereocenters. The Hall–Kier alpha value is -3.55. The molecule has 0 saturated heterocycles. The molecule has 30 heavy (non-hydrogen) atoms. The SMILES string of the molecule is CCOc1cc(/C=N\NC(=O)OC(C)(C)C)ccc1OC(=O)c1ccccc1OC. The summed E-state index contributed by atoms with van der Waals surface area (Å²) in [5.41, 5.74) is 2.60. The fraction of sp³-hybridized carbons (Fsp3) is 0.318. The molecule has 2 aromatic rings. The number of carbonyl (C=O) groups excluding carboxylic acids is 2. The summed E-state index contributed by atoms with van der Waals surface area (Å²) in [6.07, 6.45) is 0.768. The summed E-state index contributed by atoms with van der Waals surface area (Å²) in [7, 11) is 1.48. The zero-order chi connectivity index (χ0) is 22.1. The lowest BCUT2D eigenvalue weighted by Crippen LogP contribution is -2.29. The van der Waals surface area contributed by atoms with Gasteiger partial charge in [0.15, 0.2) is 11.5 Å². The average molecular weight is 414 g/mol. The van der Waals surface area contributed by atoms with E-state index in [1.54, 1.807) is 63.2 Å². The molecule has 0 saturated carbocycles. The van der Waals surface area contributed by atoms with Crippen LogP contribution in [0.15, 0.2) is 47.6 Å². The van der Waals surface area contributed by atoms with Crippen molar-refractivity contribution < 1.29 is 28.5 Å². The van der Waals surface area contributed by atoms with Gasteiger partial charge in [0.25, 0.3) is 0 Å². The number of rotatable bonds is 7. The molecule has 0 aliphatic carbocycles. The monoisotopic (exact) mass is 414 g/mol. The number of nitrogens with zero attached hydrogens (tertiary/aromatic N) is 1. The van der Waals surface area contributed by atoms with E-state index in [-0.39, 0.29) is 5.75 Å². The maximum atomic E-state index is 12.6. The molecular formula is C22H26N2O6. The van der Waals surface area contributed by atoms with Gasteiger partial charge in [-0.2, -0.15) is 5.10 Å². The van der Waals surface area contributed by atoms with Crippen LogP contribution in [0.25, 0.3) is 0 Å². The molecule has 2 aromatic carbocycles. The quantitative estimate of drug-likeness (QED) is 0.316. The molecule has 1 N–H and O–H groups in total. The Morgan fingerprint density at radius 3 is 2.47 bits per heavy atom. The summed E-state index contributed by atoms with van der Waals surface area (Å²) in [4.78, 5) is 24.2. The van der Waals surface area contributed by atoms with E-state index in [9.17, 15) is 9.59 Å². The Morgan fingerprint density at radius 1 is 1.07 bits per heavy atom. The molecule has 0 atom stereocenters. The Morgan fingerprint density at radius 2 is 1.80 bits per heavy atom. The van der Waals surface area contributed by atoms with Crippen molar-refractivity contribution in [3.63, 3.8) is 0 Å². The predicted octanol–water partition coefficient (Wildman–Crippen LogP) is 4.17. The first-order valence-corrected chi connectivity index (χ1v) is 9.37. The van der Waals surface area contributed by atoms with Gasteiger partial charge >= 0.3 is 12.1 Å². The summed E-state index contributed by atoms with van der Waals surface area (Å²) < 4.78 is 21.4. The minimum atomic E-state index is -0.661.